The molecule has 0 spiro atoms. The van der Waals surface area contributed by atoms with Crippen molar-refractivity contribution in [1.82, 2.24) is 5.32 Å². The molecule has 0 heterocycles. The van der Waals surface area contributed by atoms with Gasteiger partial charge in [0.2, 0.25) is 0 Å². The summed E-state index contributed by atoms with van der Waals surface area (Å²) in [6, 6.07) is 0. The second kappa shape index (κ2) is 6.57. The normalized spacial score (nSPS) is 18.7. The molecule has 0 aliphatic rings. The molecule has 3 atom stereocenters. The van der Waals surface area contributed by atoms with Gasteiger partial charge in [-0.1, -0.05) is 6.92 Å². The van der Waals surface area contributed by atoms with Crippen LogP contribution in [-0.2, 0) is 10.8 Å². The van der Waals surface area contributed by atoms with Crippen molar-refractivity contribution in [1.29, 1.82) is 0 Å². The Hall–Kier alpha value is 0.0700. The van der Waals surface area contributed by atoms with E-state index in [2.05, 4.69) is 5.32 Å². The van der Waals surface area contributed by atoms with Gasteiger partial charge in [-0.05, 0) is 19.9 Å². The fourth-order valence-electron chi connectivity index (χ4n) is 0.782. The van der Waals surface area contributed by atoms with Crippen LogP contribution in [0.3, 0.4) is 0 Å². The van der Waals surface area contributed by atoms with Gasteiger partial charge in [-0.2, -0.15) is 0 Å². The summed E-state index contributed by atoms with van der Waals surface area (Å²) in [7, 11) is -0.727. The zero-order valence-corrected chi connectivity index (χ0v) is 8.86. The summed E-state index contributed by atoms with van der Waals surface area (Å²) in [6.07, 6.45) is 2.32. The monoisotopic (exact) mass is 193 g/mol. The van der Waals surface area contributed by atoms with Gasteiger partial charge in [0.25, 0.3) is 0 Å². The van der Waals surface area contributed by atoms with E-state index in [1.165, 1.54) is 0 Å². The van der Waals surface area contributed by atoms with Gasteiger partial charge in [-0.3, -0.25) is 4.21 Å². The average molecular weight is 193 g/mol. The SMILES string of the molecule is CC(CCNC[C@H](C)O)S(C)=O. The van der Waals surface area contributed by atoms with Crippen molar-refractivity contribution in [2.24, 2.45) is 0 Å². The van der Waals surface area contributed by atoms with Crippen LogP contribution in [-0.4, -0.2) is 40.0 Å². The van der Waals surface area contributed by atoms with Crippen molar-refractivity contribution in [2.45, 2.75) is 31.6 Å². The number of hydrogen-bond acceptors (Lipinski definition) is 3. The van der Waals surface area contributed by atoms with Gasteiger partial charge in [0.15, 0.2) is 0 Å². The van der Waals surface area contributed by atoms with E-state index < -0.39 is 10.8 Å². The number of nitrogens with one attached hydrogen (secondary N) is 1. The first-order valence-electron chi connectivity index (χ1n) is 4.25. The highest BCUT2D eigenvalue weighted by molar-refractivity contribution is 7.84. The third kappa shape index (κ3) is 6.76. The minimum Gasteiger partial charge on any atom is -0.392 e. The van der Waals surface area contributed by atoms with Gasteiger partial charge in [-0.15, -0.1) is 0 Å². The van der Waals surface area contributed by atoms with Crippen molar-refractivity contribution in [3.8, 4) is 0 Å². The largest absolute Gasteiger partial charge is 0.392 e. The van der Waals surface area contributed by atoms with E-state index >= 15 is 0 Å². The molecule has 0 rings (SSSR count). The standard InChI is InChI=1S/C8H19NO2S/c1-7(10)6-9-5-4-8(2)12(3)11/h7-10H,4-6H2,1-3H3/t7-,8?,12?/m0/s1. The van der Waals surface area contributed by atoms with E-state index in [4.69, 9.17) is 5.11 Å². The molecule has 0 saturated heterocycles. The molecule has 12 heavy (non-hydrogen) atoms. The van der Waals surface area contributed by atoms with Gasteiger partial charge in [0.1, 0.15) is 0 Å². The Kier molecular flexibility index (Phi) is 6.61. The maximum atomic E-state index is 10.9. The maximum absolute atomic E-state index is 10.9. The molecule has 2 N–H and O–H groups in total. The molecule has 0 aromatic heterocycles. The Labute approximate surface area is 77.0 Å². The van der Waals surface area contributed by atoms with E-state index in [0.717, 1.165) is 13.0 Å². The average Bonchev–Trinajstić information content (AvgIpc) is 1.97. The highest BCUT2D eigenvalue weighted by Crippen LogP contribution is 1.96. The van der Waals surface area contributed by atoms with E-state index in [1.54, 1.807) is 13.2 Å². The Balaban J connectivity index is 3.25. The zero-order valence-electron chi connectivity index (χ0n) is 8.04. The zero-order chi connectivity index (χ0) is 9.56. The lowest BCUT2D eigenvalue weighted by Gasteiger charge is -2.09. The first-order chi connectivity index (χ1) is 5.54. The smallest absolute Gasteiger partial charge is 0.0636 e. The summed E-state index contributed by atoms with van der Waals surface area (Å²) in [4.78, 5) is 0. The van der Waals surface area contributed by atoms with Crippen LogP contribution < -0.4 is 5.32 Å². The summed E-state index contributed by atoms with van der Waals surface area (Å²) in [5, 5.41) is 12.2. The second-order valence-electron chi connectivity index (χ2n) is 3.15. The molecule has 0 aromatic carbocycles. The number of rotatable bonds is 6. The molecule has 3 nitrogen and oxygen atoms in total. The molecule has 0 aliphatic carbocycles. The molecule has 0 saturated carbocycles. The first-order valence-corrected chi connectivity index (χ1v) is 5.87. The number of aliphatic hydroxyl groups is 1. The molecule has 74 valence electrons. The minimum absolute atomic E-state index is 0.242. The number of aliphatic hydroxyl groups excluding tert-OH is 1. The topological polar surface area (TPSA) is 49.3 Å². The molecule has 0 radical (unpaired) electrons. The van der Waals surface area contributed by atoms with Crippen LogP contribution in [0.25, 0.3) is 0 Å². The Bertz CT molecular complexity index is 139. The van der Waals surface area contributed by atoms with E-state index in [1.807, 2.05) is 6.92 Å². The molecular weight excluding hydrogens is 174 g/mol. The van der Waals surface area contributed by atoms with E-state index in [0.29, 0.717) is 6.54 Å². The van der Waals surface area contributed by atoms with Crippen LogP contribution in [0.15, 0.2) is 0 Å². The molecule has 0 aromatic rings. The van der Waals surface area contributed by atoms with Crippen molar-refractivity contribution in [3.63, 3.8) is 0 Å². The summed E-state index contributed by atoms with van der Waals surface area (Å²) in [5.74, 6) is 0. The first kappa shape index (κ1) is 12.1. The van der Waals surface area contributed by atoms with Crippen molar-refractivity contribution < 1.29 is 9.32 Å². The van der Waals surface area contributed by atoms with Gasteiger partial charge in [-0.25, -0.2) is 0 Å². The van der Waals surface area contributed by atoms with Gasteiger partial charge < -0.3 is 10.4 Å². The molecule has 0 fully saturated rings. The molecule has 0 aliphatic heterocycles. The summed E-state index contributed by atoms with van der Waals surface area (Å²) >= 11 is 0. The van der Waals surface area contributed by atoms with Crippen LogP contribution in [0, 0.1) is 0 Å². The lowest BCUT2D eigenvalue weighted by molar-refractivity contribution is 0.191. The molecule has 2 unspecified atom stereocenters. The van der Waals surface area contributed by atoms with Crippen LogP contribution in [0.1, 0.15) is 20.3 Å². The Morgan fingerprint density at radius 1 is 1.50 bits per heavy atom. The predicted molar refractivity (Wildman–Crippen MR) is 52.7 cm³/mol. The highest BCUT2D eigenvalue weighted by Gasteiger charge is 2.04. The van der Waals surface area contributed by atoms with Crippen LogP contribution in [0.2, 0.25) is 0 Å². The number of hydrogen-bond donors (Lipinski definition) is 2. The summed E-state index contributed by atoms with van der Waals surface area (Å²) < 4.78 is 10.9. The van der Waals surface area contributed by atoms with E-state index in [-0.39, 0.29) is 11.4 Å². The lowest BCUT2D eigenvalue weighted by Crippen LogP contribution is -2.27. The second-order valence-corrected chi connectivity index (χ2v) is 4.95. The summed E-state index contributed by atoms with van der Waals surface area (Å²) in [6.45, 7) is 5.16. The maximum Gasteiger partial charge on any atom is 0.0636 e. The third-order valence-electron chi connectivity index (χ3n) is 1.73. The molecule has 0 bridgehead atoms. The quantitative estimate of drug-likeness (QED) is 0.589. The fraction of sp³-hybridized carbons (Fsp3) is 1.00. The van der Waals surface area contributed by atoms with Crippen molar-refractivity contribution in [3.05, 3.63) is 0 Å². The predicted octanol–water partition coefficient (Wildman–Crippen LogP) is 0.114. The highest BCUT2D eigenvalue weighted by atomic mass is 32.2. The lowest BCUT2D eigenvalue weighted by atomic mass is 10.3. The molecule has 4 heteroatoms. The van der Waals surface area contributed by atoms with Crippen LogP contribution >= 0.6 is 0 Å². The van der Waals surface area contributed by atoms with Gasteiger partial charge in [0, 0.05) is 28.9 Å². The molecule has 0 amide bonds. The summed E-state index contributed by atoms with van der Waals surface area (Å²) in [5.41, 5.74) is 0. The van der Waals surface area contributed by atoms with Crippen LogP contribution in [0.5, 0.6) is 0 Å². The van der Waals surface area contributed by atoms with E-state index in [9.17, 15) is 4.21 Å². The van der Waals surface area contributed by atoms with Crippen LogP contribution in [0.4, 0.5) is 0 Å². The Morgan fingerprint density at radius 2 is 2.08 bits per heavy atom. The minimum atomic E-state index is -0.727. The van der Waals surface area contributed by atoms with Gasteiger partial charge >= 0.3 is 0 Å². The third-order valence-corrected chi connectivity index (χ3v) is 3.10. The van der Waals surface area contributed by atoms with Crippen molar-refractivity contribution >= 4 is 10.8 Å². The molecular formula is C8H19NO2S. The van der Waals surface area contributed by atoms with Crippen molar-refractivity contribution in [2.75, 3.05) is 19.3 Å². The Morgan fingerprint density at radius 3 is 2.50 bits per heavy atom. The fourth-order valence-corrected chi connectivity index (χ4v) is 1.23. The van der Waals surface area contributed by atoms with Gasteiger partial charge in [0.05, 0.1) is 6.10 Å².